The molecule has 2 aromatic rings. The van der Waals surface area contributed by atoms with Crippen LogP contribution in [-0.4, -0.2) is 32.0 Å². The van der Waals surface area contributed by atoms with Crippen molar-refractivity contribution in [3.05, 3.63) is 59.7 Å². The number of para-hydroxylation sites is 1. The molecule has 1 aliphatic rings. The standard InChI is InChI=1S/C20H22N2O4S/c1-14-6-10-16(11-7-14)27(25,26)13-12-19(23)22-18-5-3-2-4-17(18)20(24)21-15-8-9-15/h2-7,10-11,15H,8-9,12-13H2,1H3,(H,21,24)(H,22,23). The molecule has 1 aliphatic carbocycles. The summed E-state index contributed by atoms with van der Waals surface area (Å²) >= 11 is 0. The van der Waals surface area contributed by atoms with Gasteiger partial charge in [0.1, 0.15) is 0 Å². The number of carbonyl (C=O) groups is 2. The molecule has 1 fully saturated rings. The van der Waals surface area contributed by atoms with Gasteiger partial charge in [-0.3, -0.25) is 9.59 Å². The zero-order valence-corrected chi connectivity index (χ0v) is 15.9. The van der Waals surface area contributed by atoms with Crippen molar-refractivity contribution in [3.8, 4) is 0 Å². The van der Waals surface area contributed by atoms with Gasteiger partial charge in [0, 0.05) is 12.5 Å². The summed E-state index contributed by atoms with van der Waals surface area (Å²) in [4.78, 5) is 24.7. The van der Waals surface area contributed by atoms with E-state index in [4.69, 9.17) is 0 Å². The number of hydrogen-bond acceptors (Lipinski definition) is 4. The Labute approximate surface area is 158 Å². The molecule has 0 spiro atoms. The van der Waals surface area contributed by atoms with Gasteiger partial charge in [-0.2, -0.15) is 0 Å². The lowest BCUT2D eigenvalue weighted by Gasteiger charge is -2.11. The molecule has 2 amide bonds. The number of aryl methyl sites for hydroxylation is 1. The van der Waals surface area contributed by atoms with Gasteiger partial charge < -0.3 is 10.6 Å². The summed E-state index contributed by atoms with van der Waals surface area (Å²) in [7, 11) is -3.54. The molecule has 0 bridgehead atoms. The number of sulfone groups is 1. The monoisotopic (exact) mass is 386 g/mol. The van der Waals surface area contributed by atoms with E-state index in [1.807, 2.05) is 6.92 Å². The molecule has 3 rings (SSSR count). The van der Waals surface area contributed by atoms with Crippen LogP contribution in [0, 0.1) is 6.92 Å². The van der Waals surface area contributed by atoms with Crippen LogP contribution in [-0.2, 0) is 14.6 Å². The average Bonchev–Trinajstić information content (AvgIpc) is 3.45. The maximum atomic E-state index is 12.4. The lowest BCUT2D eigenvalue weighted by Crippen LogP contribution is -2.27. The van der Waals surface area contributed by atoms with Gasteiger partial charge in [0.15, 0.2) is 9.84 Å². The Balaban J connectivity index is 1.62. The highest BCUT2D eigenvalue weighted by atomic mass is 32.2. The largest absolute Gasteiger partial charge is 0.349 e. The van der Waals surface area contributed by atoms with Crippen molar-refractivity contribution in [2.24, 2.45) is 0 Å². The maximum absolute atomic E-state index is 12.4. The first-order valence-electron chi connectivity index (χ1n) is 8.84. The third kappa shape index (κ3) is 5.17. The van der Waals surface area contributed by atoms with Crippen molar-refractivity contribution in [2.45, 2.75) is 37.1 Å². The molecule has 2 N–H and O–H groups in total. The number of carbonyl (C=O) groups excluding carboxylic acids is 2. The van der Waals surface area contributed by atoms with Crippen molar-refractivity contribution in [3.63, 3.8) is 0 Å². The Hall–Kier alpha value is -2.67. The molecule has 7 heteroatoms. The first kappa shape index (κ1) is 19.1. The van der Waals surface area contributed by atoms with Crippen LogP contribution in [0.1, 0.15) is 35.2 Å². The molecule has 0 unspecified atom stereocenters. The van der Waals surface area contributed by atoms with Gasteiger partial charge in [-0.1, -0.05) is 29.8 Å². The highest BCUT2D eigenvalue weighted by Crippen LogP contribution is 2.22. The fraction of sp³-hybridized carbons (Fsp3) is 0.300. The first-order chi connectivity index (χ1) is 12.8. The number of rotatable bonds is 7. The van der Waals surface area contributed by atoms with E-state index in [-0.39, 0.29) is 29.0 Å². The van der Waals surface area contributed by atoms with E-state index >= 15 is 0 Å². The van der Waals surface area contributed by atoms with Crippen LogP contribution < -0.4 is 10.6 Å². The van der Waals surface area contributed by atoms with Crippen LogP contribution in [0.25, 0.3) is 0 Å². The number of anilines is 1. The van der Waals surface area contributed by atoms with E-state index in [1.54, 1.807) is 48.5 Å². The van der Waals surface area contributed by atoms with E-state index < -0.39 is 15.7 Å². The Morgan fingerprint density at radius 2 is 1.70 bits per heavy atom. The second kappa shape index (κ2) is 7.92. The predicted octanol–water partition coefficient (Wildman–Crippen LogP) is 2.69. The van der Waals surface area contributed by atoms with Gasteiger partial charge in [-0.25, -0.2) is 8.42 Å². The van der Waals surface area contributed by atoms with Crippen molar-refractivity contribution in [1.82, 2.24) is 5.32 Å². The normalized spacial score (nSPS) is 13.8. The first-order valence-corrected chi connectivity index (χ1v) is 10.5. The van der Waals surface area contributed by atoms with E-state index in [0.29, 0.717) is 11.3 Å². The maximum Gasteiger partial charge on any atom is 0.253 e. The zero-order chi connectivity index (χ0) is 19.4. The lowest BCUT2D eigenvalue weighted by molar-refractivity contribution is -0.115. The highest BCUT2D eigenvalue weighted by molar-refractivity contribution is 7.91. The van der Waals surface area contributed by atoms with Crippen molar-refractivity contribution in [2.75, 3.05) is 11.1 Å². The van der Waals surface area contributed by atoms with Crippen LogP contribution in [0.5, 0.6) is 0 Å². The quantitative estimate of drug-likeness (QED) is 0.765. The molecular weight excluding hydrogens is 364 g/mol. The molecule has 142 valence electrons. The predicted molar refractivity (Wildman–Crippen MR) is 103 cm³/mol. The van der Waals surface area contributed by atoms with Gasteiger partial charge in [0.25, 0.3) is 5.91 Å². The third-order valence-corrected chi connectivity index (χ3v) is 6.07. The molecular formula is C20H22N2O4S. The Morgan fingerprint density at radius 3 is 2.37 bits per heavy atom. The molecule has 1 saturated carbocycles. The zero-order valence-electron chi connectivity index (χ0n) is 15.1. The van der Waals surface area contributed by atoms with Crippen LogP contribution in [0.2, 0.25) is 0 Å². The summed E-state index contributed by atoms with van der Waals surface area (Å²) in [6.45, 7) is 1.88. The van der Waals surface area contributed by atoms with E-state index in [1.165, 1.54) is 0 Å². The van der Waals surface area contributed by atoms with Crippen LogP contribution >= 0.6 is 0 Å². The summed E-state index contributed by atoms with van der Waals surface area (Å²) < 4.78 is 24.7. The van der Waals surface area contributed by atoms with Gasteiger partial charge in [-0.15, -0.1) is 0 Å². The molecule has 0 atom stereocenters. The number of benzene rings is 2. The van der Waals surface area contributed by atoms with Gasteiger partial charge in [0.2, 0.25) is 5.91 Å². The Bertz CT molecular complexity index is 948. The molecule has 27 heavy (non-hydrogen) atoms. The Morgan fingerprint density at radius 1 is 1.04 bits per heavy atom. The molecule has 0 heterocycles. The van der Waals surface area contributed by atoms with E-state index in [0.717, 1.165) is 18.4 Å². The van der Waals surface area contributed by atoms with Crippen LogP contribution in [0.4, 0.5) is 5.69 Å². The second-order valence-corrected chi connectivity index (χ2v) is 8.83. The van der Waals surface area contributed by atoms with Gasteiger partial charge in [-0.05, 0) is 44.0 Å². The van der Waals surface area contributed by atoms with Crippen molar-refractivity contribution >= 4 is 27.3 Å². The molecule has 2 aromatic carbocycles. The smallest absolute Gasteiger partial charge is 0.253 e. The second-order valence-electron chi connectivity index (χ2n) is 6.72. The highest BCUT2D eigenvalue weighted by Gasteiger charge is 2.25. The minimum absolute atomic E-state index is 0.186. The van der Waals surface area contributed by atoms with Crippen molar-refractivity contribution in [1.29, 1.82) is 0 Å². The molecule has 6 nitrogen and oxygen atoms in total. The van der Waals surface area contributed by atoms with Gasteiger partial charge >= 0.3 is 0 Å². The van der Waals surface area contributed by atoms with Crippen LogP contribution in [0.15, 0.2) is 53.4 Å². The Kier molecular flexibility index (Phi) is 5.60. The van der Waals surface area contributed by atoms with E-state index in [2.05, 4.69) is 10.6 Å². The minimum atomic E-state index is -3.54. The molecule has 0 aliphatic heterocycles. The number of hydrogen-bond donors (Lipinski definition) is 2. The SMILES string of the molecule is Cc1ccc(S(=O)(=O)CCC(=O)Nc2ccccc2C(=O)NC2CC2)cc1. The number of nitrogens with one attached hydrogen (secondary N) is 2. The fourth-order valence-electron chi connectivity index (χ4n) is 2.58. The summed E-state index contributed by atoms with van der Waals surface area (Å²) in [5, 5.41) is 5.53. The molecule has 0 saturated heterocycles. The fourth-order valence-corrected chi connectivity index (χ4v) is 3.82. The summed E-state index contributed by atoms with van der Waals surface area (Å²) in [6.07, 6.45) is 1.75. The van der Waals surface area contributed by atoms with Crippen LogP contribution in [0.3, 0.4) is 0 Å². The van der Waals surface area contributed by atoms with Crippen molar-refractivity contribution < 1.29 is 18.0 Å². The number of amides is 2. The third-order valence-electron chi connectivity index (χ3n) is 4.34. The lowest BCUT2D eigenvalue weighted by atomic mass is 10.1. The molecule has 0 aromatic heterocycles. The topological polar surface area (TPSA) is 92.3 Å². The van der Waals surface area contributed by atoms with Gasteiger partial charge in [0.05, 0.1) is 21.9 Å². The minimum Gasteiger partial charge on any atom is -0.349 e. The summed E-state index contributed by atoms with van der Waals surface area (Å²) in [5.74, 6) is -0.976. The summed E-state index contributed by atoms with van der Waals surface area (Å²) in [5.41, 5.74) is 1.72. The average molecular weight is 386 g/mol. The van der Waals surface area contributed by atoms with E-state index in [9.17, 15) is 18.0 Å². The summed E-state index contributed by atoms with van der Waals surface area (Å²) in [6, 6.07) is 13.4. The molecule has 0 radical (unpaired) electrons.